The van der Waals surface area contributed by atoms with Gasteiger partial charge in [0.1, 0.15) is 17.1 Å². The average molecular weight is 574 g/mol. The molecule has 0 fully saturated rings. The Balaban J connectivity index is 0.000000215. The summed E-state index contributed by atoms with van der Waals surface area (Å²) < 4.78 is 0. The molecule has 0 atom stereocenters. The second kappa shape index (κ2) is 13.7. The maximum Gasteiger partial charge on any atom is 0.109 e. The highest BCUT2D eigenvalue weighted by molar-refractivity contribution is 5.69. The number of nitrogens with two attached hydrogens (primary N) is 7. The molecule has 0 aliphatic rings. The van der Waals surface area contributed by atoms with E-state index in [0.717, 1.165) is 0 Å². The Morgan fingerprint density at radius 1 is 0.302 bits per heavy atom. The highest BCUT2D eigenvalue weighted by Crippen LogP contribution is 2.30. The third-order valence-corrected chi connectivity index (χ3v) is 5.67. The van der Waals surface area contributed by atoms with Crippen molar-refractivity contribution in [3.05, 3.63) is 103 Å². The molecular weight excluding hydrogens is 542 g/mol. The monoisotopic (exact) mass is 573 g/mol. The van der Waals surface area contributed by atoms with Gasteiger partial charge >= 0.3 is 0 Å². The van der Waals surface area contributed by atoms with Crippen molar-refractivity contribution in [1.29, 1.82) is 0 Å². The zero-order chi connectivity index (χ0) is 30.8. The largest absolute Gasteiger partial charge is 0.399 e. The second-order valence-corrected chi connectivity index (χ2v) is 9.17. The van der Waals surface area contributed by atoms with Gasteiger partial charge in [-0.2, -0.15) is 15.3 Å². The molecule has 216 valence electrons. The molecule has 0 aliphatic carbocycles. The fourth-order valence-electron chi connectivity index (χ4n) is 3.53. The smallest absolute Gasteiger partial charge is 0.109 e. The highest BCUT2D eigenvalue weighted by atomic mass is 15.1. The third kappa shape index (κ3) is 8.74. The van der Waals surface area contributed by atoms with Crippen molar-refractivity contribution in [3.8, 4) is 0 Å². The lowest BCUT2D eigenvalue weighted by Gasteiger charge is -2.01. The second-order valence-electron chi connectivity index (χ2n) is 9.17. The number of anilines is 7. The molecule has 5 rings (SSSR count). The van der Waals surface area contributed by atoms with E-state index in [9.17, 15) is 0 Å². The Labute approximate surface area is 247 Å². The van der Waals surface area contributed by atoms with E-state index < -0.39 is 0 Å². The van der Waals surface area contributed by atoms with E-state index in [4.69, 9.17) is 40.1 Å². The SMILES string of the molecule is Nc1ccc(N=Nc2cccc(N=Nc3ccc(N)cc3N)c2)c(N)c1.Nc1cccc(N=Nc2ccc(N)cc2N)c1. The van der Waals surface area contributed by atoms with Crippen LogP contribution in [0.1, 0.15) is 0 Å². The van der Waals surface area contributed by atoms with Gasteiger partial charge in [-0.1, -0.05) is 12.1 Å². The topological polar surface area (TPSA) is 256 Å². The van der Waals surface area contributed by atoms with Gasteiger partial charge in [-0.15, -0.1) is 15.3 Å². The highest BCUT2D eigenvalue weighted by Gasteiger charge is 2.01. The number of azo groups is 3. The predicted octanol–water partition coefficient (Wildman–Crippen LogP) is 7.69. The molecule has 0 saturated carbocycles. The Bertz CT molecular complexity index is 1740. The van der Waals surface area contributed by atoms with Crippen LogP contribution in [0, 0.1) is 0 Å². The van der Waals surface area contributed by atoms with Crippen molar-refractivity contribution in [2.75, 3.05) is 40.1 Å². The van der Waals surface area contributed by atoms with Crippen LogP contribution in [0.25, 0.3) is 0 Å². The molecule has 0 saturated heterocycles. The van der Waals surface area contributed by atoms with Crippen LogP contribution < -0.4 is 40.1 Å². The first-order valence-corrected chi connectivity index (χ1v) is 12.8. The Kier molecular flexibility index (Phi) is 9.41. The summed E-state index contributed by atoms with van der Waals surface area (Å²) in [5.41, 5.74) is 47.4. The molecule has 5 aromatic rings. The fraction of sp³-hybridized carbons (Fsp3) is 0. The molecule has 43 heavy (non-hydrogen) atoms. The number of benzene rings is 5. The summed E-state index contributed by atoms with van der Waals surface area (Å²) in [6.45, 7) is 0. The maximum atomic E-state index is 5.86. The van der Waals surface area contributed by atoms with Crippen molar-refractivity contribution in [2.24, 2.45) is 30.7 Å². The molecule has 0 aliphatic heterocycles. The van der Waals surface area contributed by atoms with E-state index in [1.54, 1.807) is 91.0 Å². The van der Waals surface area contributed by atoms with Crippen LogP contribution in [0.5, 0.6) is 0 Å². The van der Waals surface area contributed by atoms with Crippen molar-refractivity contribution < 1.29 is 0 Å². The van der Waals surface area contributed by atoms with Gasteiger partial charge in [-0.25, -0.2) is 0 Å². The zero-order valence-corrected chi connectivity index (χ0v) is 23.0. The molecule has 0 aromatic heterocycles. The van der Waals surface area contributed by atoms with Gasteiger partial charge in [0.2, 0.25) is 0 Å². The number of rotatable bonds is 6. The fourth-order valence-corrected chi connectivity index (χ4v) is 3.53. The van der Waals surface area contributed by atoms with Crippen molar-refractivity contribution in [1.82, 2.24) is 0 Å². The zero-order valence-electron chi connectivity index (χ0n) is 23.0. The molecule has 13 heteroatoms. The van der Waals surface area contributed by atoms with Crippen molar-refractivity contribution in [2.45, 2.75) is 0 Å². The quantitative estimate of drug-likeness (QED) is 0.0785. The minimum Gasteiger partial charge on any atom is -0.399 e. The standard InChI is InChI=1S/C18H18N8.C12H13N5/c19-11-4-6-17(15(21)8-11)25-23-13-2-1-3-14(10-13)24-26-18-7-5-12(20)9-16(18)22;13-8-2-1-3-10(6-8)16-17-12-5-4-9(14)7-11(12)15/h1-10H,19-22H2;1-7H,13-15H2. The van der Waals surface area contributed by atoms with Crippen LogP contribution in [0.2, 0.25) is 0 Å². The van der Waals surface area contributed by atoms with E-state index in [1.165, 1.54) is 0 Å². The van der Waals surface area contributed by atoms with E-state index in [0.29, 0.717) is 73.9 Å². The van der Waals surface area contributed by atoms with Gasteiger partial charge in [0.15, 0.2) is 0 Å². The number of hydrogen-bond acceptors (Lipinski definition) is 13. The molecule has 14 N–H and O–H groups in total. The average Bonchev–Trinajstić information content (AvgIpc) is 2.96. The Hall–Kier alpha value is -6.50. The summed E-state index contributed by atoms with van der Waals surface area (Å²) in [5.74, 6) is 0. The molecule has 0 bridgehead atoms. The van der Waals surface area contributed by atoms with E-state index in [1.807, 2.05) is 12.1 Å². The number of nitrogen functional groups attached to an aromatic ring is 7. The summed E-state index contributed by atoms with van der Waals surface area (Å²) in [4.78, 5) is 0. The Morgan fingerprint density at radius 3 is 0.977 bits per heavy atom. The molecule has 13 nitrogen and oxygen atoms in total. The van der Waals surface area contributed by atoms with E-state index in [2.05, 4.69) is 30.7 Å². The van der Waals surface area contributed by atoms with Crippen LogP contribution in [-0.4, -0.2) is 0 Å². The molecule has 0 spiro atoms. The van der Waals surface area contributed by atoms with Crippen LogP contribution in [0.3, 0.4) is 0 Å². The lowest BCUT2D eigenvalue weighted by Crippen LogP contribution is -1.89. The molecular formula is C30H31N13. The summed E-state index contributed by atoms with van der Waals surface area (Å²) in [7, 11) is 0. The molecule has 0 radical (unpaired) electrons. The molecule has 0 amide bonds. The number of hydrogen-bond donors (Lipinski definition) is 7. The lowest BCUT2D eigenvalue weighted by atomic mass is 10.2. The summed E-state index contributed by atoms with van der Waals surface area (Å²) in [6, 6.07) is 29.5. The first-order chi connectivity index (χ1) is 20.7. The summed E-state index contributed by atoms with van der Waals surface area (Å²) in [6.07, 6.45) is 0. The first kappa shape index (κ1) is 29.5. The summed E-state index contributed by atoms with van der Waals surface area (Å²) >= 11 is 0. The molecule has 5 aromatic carbocycles. The minimum absolute atomic E-state index is 0.461. The normalized spacial score (nSPS) is 11.2. The third-order valence-electron chi connectivity index (χ3n) is 5.67. The minimum atomic E-state index is 0.461. The van der Waals surface area contributed by atoms with Crippen LogP contribution in [0.15, 0.2) is 134 Å². The maximum absolute atomic E-state index is 5.86. The predicted molar refractivity (Wildman–Crippen MR) is 176 cm³/mol. The van der Waals surface area contributed by atoms with Gasteiger partial charge in [0.25, 0.3) is 0 Å². The van der Waals surface area contributed by atoms with Gasteiger partial charge in [-0.05, 0) is 91.0 Å². The van der Waals surface area contributed by atoms with Gasteiger partial charge in [0.05, 0.1) is 34.1 Å². The molecule has 0 unspecified atom stereocenters. The van der Waals surface area contributed by atoms with Gasteiger partial charge in [0, 0.05) is 22.7 Å². The van der Waals surface area contributed by atoms with Crippen LogP contribution in [-0.2, 0) is 0 Å². The van der Waals surface area contributed by atoms with Gasteiger partial charge in [-0.3, -0.25) is 0 Å². The van der Waals surface area contributed by atoms with Crippen molar-refractivity contribution in [3.63, 3.8) is 0 Å². The van der Waals surface area contributed by atoms with Crippen LogP contribution in [0.4, 0.5) is 73.9 Å². The van der Waals surface area contributed by atoms with E-state index in [-0.39, 0.29) is 0 Å². The van der Waals surface area contributed by atoms with Crippen molar-refractivity contribution >= 4 is 73.9 Å². The van der Waals surface area contributed by atoms with Gasteiger partial charge < -0.3 is 40.1 Å². The Morgan fingerprint density at radius 2 is 0.628 bits per heavy atom. The van der Waals surface area contributed by atoms with Crippen LogP contribution >= 0.6 is 0 Å². The lowest BCUT2D eigenvalue weighted by molar-refractivity contribution is 1.21. The molecule has 0 heterocycles. The van der Waals surface area contributed by atoms with E-state index >= 15 is 0 Å². The first-order valence-electron chi connectivity index (χ1n) is 12.8. The summed E-state index contributed by atoms with van der Waals surface area (Å²) in [5, 5.41) is 24.7. The number of nitrogens with zero attached hydrogens (tertiary/aromatic N) is 6.